The summed E-state index contributed by atoms with van der Waals surface area (Å²) >= 11 is 0. The van der Waals surface area contributed by atoms with Gasteiger partial charge < -0.3 is 18.9 Å². The fourth-order valence-corrected chi connectivity index (χ4v) is 1.83. The second-order valence-corrected chi connectivity index (χ2v) is 3.14. The molecule has 0 aromatic carbocycles. The summed E-state index contributed by atoms with van der Waals surface area (Å²) in [6.45, 7) is 1.23. The van der Waals surface area contributed by atoms with Gasteiger partial charge in [0.05, 0.1) is 13.2 Å². The van der Waals surface area contributed by atoms with Gasteiger partial charge in [0.1, 0.15) is 24.4 Å². The highest BCUT2D eigenvalue weighted by molar-refractivity contribution is 4.95. The highest BCUT2D eigenvalue weighted by atomic mass is 16.6. The van der Waals surface area contributed by atoms with E-state index in [9.17, 15) is 0 Å². The highest BCUT2D eigenvalue weighted by Gasteiger charge is 2.48. The number of hydrogen-bond acceptors (Lipinski definition) is 4. The van der Waals surface area contributed by atoms with Crippen LogP contribution in [-0.4, -0.2) is 51.8 Å². The number of methoxy groups -OCH3 is 2. The van der Waals surface area contributed by atoms with Crippen molar-refractivity contribution < 1.29 is 18.9 Å². The lowest BCUT2D eigenvalue weighted by Gasteiger charge is -2.14. The van der Waals surface area contributed by atoms with E-state index < -0.39 is 0 Å². The Balaban J connectivity index is 2.01. The zero-order chi connectivity index (χ0) is 8.55. The first-order valence-corrected chi connectivity index (χ1v) is 4.15. The Hall–Kier alpha value is -0.160. The van der Waals surface area contributed by atoms with Gasteiger partial charge in [-0.15, -0.1) is 0 Å². The molecule has 2 heterocycles. The van der Waals surface area contributed by atoms with Crippen molar-refractivity contribution in [2.24, 2.45) is 0 Å². The average molecular weight is 174 g/mol. The van der Waals surface area contributed by atoms with E-state index in [1.165, 1.54) is 0 Å². The quantitative estimate of drug-likeness (QED) is 0.581. The molecular weight excluding hydrogens is 160 g/mol. The maximum absolute atomic E-state index is 5.51. The van der Waals surface area contributed by atoms with Gasteiger partial charge >= 0.3 is 0 Å². The molecular formula is C8H14O4. The van der Waals surface area contributed by atoms with Crippen LogP contribution in [-0.2, 0) is 18.9 Å². The van der Waals surface area contributed by atoms with Gasteiger partial charge in [-0.2, -0.15) is 0 Å². The summed E-state index contributed by atoms with van der Waals surface area (Å²) in [7, 11) is 3.36. The van der Waals surface area contributed by atoms with E-state index in [1.807, 2.05) is 0 Å². The van der Waals surface area contributed by atoms with E-state index in [-0.39, 0.29) is 24.4 Å². The Morgan fingerprint density at radius 3 is 1.67 bits per heavy atom. The van der Waals surface area contributed by atoms with Gasteiger partial charge in [-0.25, -0.2) is 0 Å². The Kier molecular flexibility index (Phi) is 2.32. The van der Waals surface area contributed by atoms with E-state index >= 15 is 0 Å². The molecule has 0 saturated carbocycles. The molecule has 12 heavy (non-hydrogen) atoms. The Morgan fingerprint density at radius 1 is 0.917 bits per heavy atom. The van der Waals surface area contributed by atoms with Gasteiger partial charge in [0.25, 0.3) is 0 Å². The van der Waals surface area contributed by atoms with Crippen LogP contribution in [0.25, 0.3) is 0 Å². The smallest absolute Gasteiger partial charge is 0.115 e. The predicted molar refractivity (Wildman–Crippen MR) is 41.1 cm³/mol. The molecule has 2 rings (SSSR count). The lowest BCUT2D eigenvalue weighted by molar-refractivity contribution is -0.0267. The number of fused-ring (bicyclic) bond motifs is 1. The summed E-state index contributed by atoms with van der Waals surface area (Å²) in [5.74, 6) is 0. The molecule has 0 aromatic rings. The zero-order valence-corrected chi connectivity index (χ0v) is 7.36. The van der Waals surface area contributed by atoms with Gasteiger partial charge in [0.2, 0.25) is 0 Å². The Labute approximate surface area is 71.7 Å². The first-order valence-electron chi connectivity index (χ1n) is 4.15. The molecule has 2 saturated heterocycles. The fourth-order valence-electron chi connectivity index (χ4n) is 1.83. The van der Waals surface area contributed by atoms with Crippen LogP contribution in [0.15, 0.2) is 0 Å². The normalized spacial score (nSPS) is 46.5. The van der Waals surface area contributed by atoms with Crippen molar-refractivity contribution in [2.45, 2.75) is 24.4 Å². The predicted octanol–water partition coefficient (Wildman–Crippen LogP) is -0.186. The van der Waals surface area contributed by atoms with Crippen LogP contribution in [0.4, 0.5) is 0 Å². The SMILES string of the molecule is CO[C@H]1CO[C@H]2C1OC[C@H]2OC. The van der Waals surface area contributed by atoms with Gasteiger partial charge in [-0.05, 0) is 0 Å². The standard InChI is InChI=1S/C8H14O4/c1-9-5-3-11-8-6(10-2)4-12-7(5)8/h5-8H,3-4H2,1-2H3/t5-,6+,7-,8?/m1/s1. The molecule has 2 aliphatic heterocycles. The second kappa shape index (κ2) is 3.30. The third kappa shape index (κ3) is 1.15. The molecule has 4 nitrogen and oxygen atoms in total. The third-order valence-corrected chi connectivity index (χ3v) is 2.57. The van der Waals surface area contributed by atoms with E-state index in [1.54, 1.807) is 14.2 Å². The molecule has 0 aromatic heterocycles. The van der Waals surface area contributed by atoms with E-state index in [0.717, 1.165) is 0 Å². The molecule has 4 heteroatoms. The number of rotatable bonds is 2. The first kappa shape index (κ1) is 8.44. The van der Waals surface area contributed by atoms with Crippen molar-refractivity contribution in [1.82, 2.24) is 0 Å². The van der Waals surface area contributed by atoms with Crippen LogP contribution >= 0.6 is 0 Å². The number of hydrogen-bond donors (Lipinski definition) is 0. The van der Waals surface area contributed by atoms with Crippen LogP contribution in [0, 0.1) is 0 Å². The third-order valence-electron chi connectivity index (χ3n) is 2.57. The summed E-state index contributed by atoms with van der Waals surface area (Å²) in [4.78, 5) is 0. The first-order chi connectivity index (χ1) is 5.86. The van der Waals surface area contributed by atoms with Gasteiger partial charge in [0, 0.05) is 14.2 Å². The Bertz CT molecular complexity index is 143. The molecule has 0 bridgehead atoms. The van der Waals surface area contributed by atoms with Gasteiger partial charge in [-0.3, -0.25) is 0 Å². The van der Waals surface area contributed by atoms with Crippen LogP contribution in [0.1, 0.15) is 0 Å². The average Bonchev–Trinajstić information content (AvgIpc) is 2.62. The van der Waals surface area contributed by atoms with E-state index in [0.29, 0.717) is 13.2 Å². The summed E-state index contributed by atoms with van der Waals surface area (Å²) in [6.07, 6.45) is 0.296. The van der Waals surface area contributed by atoms with E-state index in [2.05, 4.69) is 0 Å². The summed E-state index contributed by atoms with van der Waals surface area (Å²) < 4.78 is 21.4. The minimum atomic E-state index is 0.0694. The van der Waals surface area contributed by atoms with Crippen molar-refractivity contribution in [1.29, 1.82) is 0 Å². The van der Waals surface area contributed by atoms with Crippen molar-refractivity contribution >= 4 is 0 Å². The molecule has 0 aliphatic carbocycles. The molecule has 70 valence electrons. The van der Waals surface area contributed by atoms with Crippen molar-refractivity contribution in [3.05, 3.63) is 0 Å². The fraction of sp³-hybridized carbons (Fsp3) is 1.00. The molecule has 0 spiro atoms. The van der Waals surface area contributed by atoms with Crippen LogP contribution in [0.3, 0.4) is 0 Å². The van der Waals surface area contributed by atoms with E-state index in [4.69, 9.17) is 18.9 Å². The second-order valence-electron chi connectivity index (χ2n) is 3.14. The Morgan fingerprint density at radius 2 is 1.33 bits per heavy atom. The largest absolute Gasteiger partial charge is 0.376 e. The molecule has 1 unspecified atom stereocenters. The van der Waals surface area contributed by atoms with Gasteiger partial charge in [0.15, 0.2) is 0 Å². The number of ether oxygens (including phenoxy) is 4. The molecule has 0 radical (unpaired) electrons. The lowest BCUT2D eigenvalue weighted by Crippen LogP contribution is -2.32. The summed E-state index contributed by atoms with van der Waals surface area (Å²) in [5.41, 5.74) is 0. The molecule has 0 N–H and O–H groups in total. The molecule has 4 atom stereocenters. The van der Waals surface area contributed by atoms with Crippen molar-refractivity contribution in [3.63, 3.8) is 0 Å². The summed E-state index contributed by atoms with van der Waals surface area (Å²) in [5, 5.41) is 0. The van der Waals surface area contributed by atoms with Crippen LogP contribution in [0.2, 0.25) is 0 Å². The minimum absolute atomic E-state index is 0.0694. The van der Waals surface area contributed by atoms with Gasteiger partial charge in [-0.1, -0.05) is 0 Å². The summed E-state index contributed by atoms with van der Waals surface area (Å²) in [6, 6.07) is 0. The maximum Gasteiger partial charge on any atom is 0.115 e. The maximum atomic E-state index is 5.51. The molecule has 2 fully saturated rings. The van der Waals surface area contributed by atoms with Crippen LogP contribution < -0.4 is 0 Å². The monoisotopic (exact) mass is 174 g/mol. The zero-order valence-electron chi connectivity index (χ0n) is 7.36. The minimum Gasteiger partial charge on any atom is -0.376 e. The molecule has 2 aliphatic rings. The van der Waals surface area contributed by atoms with Crippen molar-refractivity contribution in [3.8, 4) is 0 Å². The topological polar surface area (TPSA) is 36.9 Å². The van der Waals surface area contributed by atoms with Crippen LogP contribution in [0.5, 0.6) is 0 Å². The van der Waals surface area contributed by atoms with Crippen molar-refractivity contribution in [2.75, 3.05) is 27.4 Å². The highest BCUT2D eigenvalue weighted by Crippen LogP contribution is 2.29. The molecule has 0 amide bonds. The lowest BCUT2D eigenvalue weighted by atomic mass is 10.1.